The van der Waals surface area contributed by atoms with E-state index in [4.69, 9.17) is 0 Å². The second kappa shape index (κ2) is 11.0. The highest BCUT2D eigenvalue weighted by atomic mass is 15.3. The van der Waals surface area contributed by atoms with Crippen molar-refractivity contribution in [3.8, 4) is 22.3 Å². The van der Waals surface area contributed by atoms with Crippen LogP contribution >= 0.6 is 0 Å². The molecule has 3 heterocycles. The molecule has 5 aliphatic rings. The molecular formula is C54H62N2. The summed E-state index contributed by atoms with van der Waals surface area (Å²) in [4.78, 5) is 5.69. The maximum absolute atomic E-state index is 2.92. The maximum Gasteiger partial charge on any atom is 0.0891 e. The summed E-state index contributed by atoms with van der Waals surface area (Å²) in [6.07, 6.45) is 4.98. The lowest BCUT2D eigenvalue weighted by Crippen LogP contribution is -2.55. The van der Waals surface area contributed by atoms with Crippen molar-refractivity contribution in [3.05, 3.63) is 129 Å². The molecule has 0 N–H and O–H groups in total. The number of hydrogen-bond acceptors (Lipinski definition) is 2. The molecule has 1 saturated carbocycles. The van der Waals surface area contributed by atoms with Crippen LogP contribution in [0.2, 0.25) is 0 Å². The van der Waals surface area contributed by atoms with Crippen molar-refractivity contribution in [2.24, 2.45) is 0 Å². The van der Waals surface area contributed by atoms with E-state index in [1.54, 1.807) is 5.56 Å². The smallest absolute Gasteiger partial charge is 0.0891 e. The molecule has 5 aromatic rings. The third-order valence-electron chi connectivity index (χ3n) is 15.4. The molecule has 3 unspecified atom stereocenters. The van der Waals surface area contributed by atoms with E-state index in [1.807, 2.05) is 0 Å². The van der Waals surface area contributed by atoms with Crippen LogP contribution in [-0.4, -0.2) is 5.54 Å². The number of nitrogens with zero attached hydrogens (tertiary/aromatic N) is 2. The molecule has 56 heavy (non-hydrogen) atoms. The van der Waals surface area contributed by atoms with Crippen LogP contribution in [-0.2, 0) is 27.1 Å². The van der Waals surface area contributed by atoms with Gasteiger partial charge in [0.2, 0.25) is 0 Å². The summed E-state index contributed by atoms with van der Waals surface area (Å²) in [6.45, 7) is 31.6. The zero-order chi connectivity index (χ0) is 39.7. The van der Waals surface area contributed by atoms with Crippen LogP contribution in [0.15, 0.2) is 84.9 Å². The number of benzene rings is 5. The Bertz CT molecular complexity index is 2490. The van der Waals surface area contributed by atoms with Crippen LogP contribution in [0.5, 0.6) is 0 Å². The van der Waals surface area contributed by atoms with E-state index in [0.717, 1.165) is 0 Å². The summed E-state index contributed by atoms with van der Waals surface area (Å²) in [5.74, 6) is 0. The Hall–Kier alpha value is -4.30. The molecule has 2 nitrogen and oxygen atoms in total. The molecule has 0 saturated heterocycles. The van der Waals surface area contributed by atoms with E-state index in [-0.39, 0.29) is 38.7 Å². The summed E-state index contributed by atoms with van der Waals surface area (Å²) in [7, 11) is 0. The standard InChI is InChI=1S/C54H62N2/c1-49(2,3)32-20-23-35(24-21-32)55-42-30-33(50(4,5)6)22-25-37(42)44-45-43(31-38-36-18-14-15-19-40(36)52(10,11)46(38)44)56-47-39(48(45)55)28-34(51(7,8)9)29-41(47)53(12)26-16-17-27-54(53,56)13/h14-15,18-25,28-31,48H,16-17,26-27H2,1-13H3. The second-order valence-electron chi connectivity index (χ2n) is 22.2. The van der Waals surface area contributed by atoms with Gasteiger partial charge in [0.05, 0.1) is 23.0 Å². The Labute approximate surface area is 337 Å². The minimum absolute atomic E-state index is 0.00597. The molecule has 0 amide bonds. The lowest BCUT2D eigenvalue weighted by Gasteiger charge is -2.54. The summed E-state index contributed by atoms with van der Waals surface area (Å²) in [5, 5.41) is 0. The lowest BCUT2D eigenvalue weighted by molar-refractivity contribution is 0.194. The highest BCUT2D eigenvalue weighted by molar-refractivity contribution is 6.04. The minimum Gasteiger partial charge on any atom is -0.334 e. The predicted octanol–water partition coefficient (Wildman–Crippen LogP) is 14.8. The van der Waals surface area contributed by atoms with E-state index in [0.29, 0.717) is 0 Å². The molecule has 2 aliphatic carbocycles. The Morgan fingerprint density at radius 3 is 1.89 bits per heavy atom. The van der Waals surface area contributed by atoms with E-state index >= 15 is 0 Å². The molecule has 3 atom stereocenters. The SMILES string of the molecule is CC(C)(C)c1ccc(N2c3cc(C(C)(C)C)ccc3-c3c4c(cc5c3C(C)(C)c3ccccc3-5)N3c5c(cc(C(C)(C)C)cc5C5(C)CCCCC35C)C42)cc1. The monoisotopic (exact) mass is 738 g/mol. The number of anilines is 4. The zero-order valence-electron chi connectivity index (χ0n) is 36.4. The largest absolute Gasteiger partial charge is 0.334 e. The fraction of sp³-hybridized carbons (Fsp3) is 0.444. The van der Waals surface area contributed by atoms with Gasteiger partial charge in [-0.2, -0.15) is 0 Å². The van der Waals surface area contributed by atoms with Crippen molar-refractivity contribution >= 4 is 22.7 Å². The van der Waals surface area contributed by atoms with Crippen molar-refractivity contribution in [2.75, 3.05) is 9.80 Å². The quantitative estimate of drug-likeness (QED) is 0.169. The first-order valence-corrected chi connectivity index (χ1v) is 21.5. The van der Waals surface area contributed by atoms with Crippen molar-refractivity contribution < 1.29 is 0 Å². The first kappa shape index (κ1) is 36.1. The van der Waals surface area contributed by atoms with E-state index in [9.17, 15) is 0 Å². The summed E-state index contributed by atoms with van der Waals surface area (Å²) < 4.78 is 0. The summed E-state index contributed by atoms with van der Waals surface area (Å²) in [5.41, 5.74) is 22.9. The third kappa shape index (κ3) is 4.51. The van der Waals surface area contributed by atoms with E-state index < -0.39 is 0 Å². The minimum atomic E-state index is -0.149. The van der Waals surface area contributed by atoms with Gasteiger partial charge in [0, 0.05) is 38.9 Å². The van der Waals surface area contributed by atoms with Crippen molar-refractivity contribution in [1.82, 2.24) is 0 Å². The third-order valence-corrected chi connectivity index (χ3v) is 15.4. The molecular weight excluding hydrogens is 677 g/mol. The lowest BCUT2D eigenvalue weighted by atomic mass is 9.61. The van der Waals surface area contributed by atoms with Gasteiger partial charge in [0.15, 0.2) is 0 Å². The van der Waals surface area contributed by atoms with Crippen LogP contribution in [0, 0.1) is 0 Å². The van der Waals surface area contributed by atoms with Gasteiger partial charge in [0.25, 0.3) is 0 Å². The fourth-order valence-corrected chi connectivity index (χ4v) is 11.9. The molecule has 0 bridgehead atoms. The second-order valence-corrected chi connectivity index (χ2v) is 22.2. The van der Waals surface area contributed by atoms with Crippen LogP contribution in [0.25, 0.3) is 22.3 Å². The normalized spacial score (nSPS) is 23.9. The first-order valence-electron chi connectivity index (χ1n) is 21.5. The van der Waals surface area contributed by atoms with E-state index in [1.165, 1.54) is 110 Å². The molecule has 10 rings (SSSR count). The van der Waals surface area contributed by atoms with Gasteiger partial charge < -0.3 is 9.80 Å². The number of hydrogen-bond donors (Lipinski definition) is 0. The van der Waals surface area contributed by atoms with Crippen LogP contribution in [0.3, 0.4) is 0 Å². The van der Waals surface area contributed by atoms with Crippen LogP contribution < -0.4 is 9.80 Å². The topological polar surface area (TPSA) is 6.48 Å². The highest BCUT2D eigenvalue weighted by Crippen LogP contribution is 2.71. The van der Waals surface area contributed by atoms with Gasteiger partial charge in [0.1, 0.15) is 0 Å². The molecule has 1 fully saturated rings. The number of fused-ring (bicyclic) bond motifs is 11. The van der Waals surface area contributed by atoms with Crippen molar-refractivity contribution in [2.45, 2.75) is 154 Å². The Morgan fingerprint density at radius 1 is 0.571 bits per heavy atom. The van der Waals surface area contributed by atoms with Crippen molar-refractivity contribution in [1.29, 1.82) is 0 Å². The molecule has 3 aliphatic heterocycles. The summed E-state index contributed by atoms with van der Waals surface area (Å²) >= 11 is 0. The first-order chi connectivity index (χ1) is 26.2. The highest BCUT2D eigenvalue weighted by Gasteiger charge is 2.62. The van der Waals surface area contributed by atoms with Crippen LogP contribution in [0.1, 0.15) is 166 Å². The van der Waals surface area contributed by atoms with Gasteiger partial charge >= 0.3 is 0 Å². The summed E-state index contributed by atoms with van der Waals surface area (Å²) in [6, 6.07) is 34.4. The van der Waals surface area contributed by atoms with Gasteiger partial charge in [-0.3, -0.25) is 0 Å². The van der Waals surface area contributed by atoms with Gasteiger partial charge in [-0.1, -0.05) is 157 Å². The predicted molar refractivity (Wildman–Crippen MR) is 239 cm³/mol. The molecule has 0 radical (unpaired) electrons. The van der Waals surface area contributed by atoms with Gasteiger partial charge in [-0.25, -0.2) is 0 Å². The Morgan fingerprint density at radius 2 is 1.21 bits per heavy atom. The Kier molecular flexibility index (Phi) is 7.08. The Balaban J connectivity index is 1.40. The maximum atomic E-state index is 2.92. The van der Waals surface area contributed by atoms with Gasteiger partial charge in [-0.15, -0.1) is 0 Å². The average molecular weight is 739 g/mol. The van der Waals surface area contributed by atoms with E-state index in [2.05, 4.69) is 185 Å². The number of rotatable bonds is 1. The van der Waals surface area contributed by atoms with Crippen molar-refractivity contribution in [3.63, 3.8) is 0 Å². The van der Waals surface area contributed by atoms with Gasteiger partial charge in [-0.05, 0) is 110 Å². The van der Waals surface area contributed by atoms with Crippen LogP contribution in [0.4, 0.5) is 22.7 Å². The average Bonchev–Trinajstić information content (AvgIpc) is 3.49. The molecule has 5 aromatic carbocycles. The molecule has 0 aromatic heterocycles. The molecule has 288 valence electrons. The molecule has 0 spiro atoms. The fourth-order valence-electron chi connectivity index (χ4n) is 11.9. The zero-order valence-corrected chi connectivity index (χ0v) is 36.4. The molecule has 2 heteroatoms.